The van der Waals surface area contributed by atoms with Crippen LogP contribution in [-0.4, -0.2) is 22.2 Å². The van der Waals surface area contributed by atoms with Gasteiger partial charge in [-0.15, -0.1) is 11.3 Å². The predicted molar refractivity (Wildman–Crippen MR) is 76.0 cm³/mol. The fourth-order valence-corrected chi connectivity index (χ4v) is 2.61. The monoisotopic (exact) mass is 279 g/mol. The van der Waals surface area contributed by atoms with E-state index in [9.17, 15) is 4.79 Å². The van der Waals surface area contributed by atoms with Gasteiger partial charge in [-0.05, 0) is 25.1 Å². The van der Waals surface area contributed by atoms with Crippen LogP contribution in [-0.2, 0) is 10.2 Å². The lowest BCUT2D eigenvalue weighted by molar-refractivity contribution is -0.144. The highest BCUT2D eigenvalue weighted by Gasteiger charge is 2.19. The topological polar surface area (TPSA) is 59.4 Å². The Hall–Kier alpha value is -1.62. The van der Waals surface area contributed by atoms with E-state index in [1.807, 2.05) is 12.1 Å². The van der Waals surface area contributed by atoms with E-state index in [0.717, 1.165) is 15.2 Å². The van der Waals surface area contributed by atoms with E-state index in [1.165, 1.54) is 6.92 Å². The second-order valence-electron chi connectivity index (χ2n) is 5.50. The number of carboxylic acids is 1. The fourth-order valence-electron chi connectivity index (χ4n) is 1.55. The zero-order valence-electron chi connectivity index (χ0n) is 11.4. The zero-order chi connectivity index (χ0) is 14.2. The Bertz CT molecular complexity index is 613. The molecule has 4 nitrogen and oxygen atoms in total. The molecule has 2 aromatic rings. The summed E-state index contributed by atoms with van der Waals surface area (Å²) < 4.78 is 6.37. The van der Waals surface area contributed by atoms with Crippen molar-refractivity contribution in [1.29, 1.82) is 0 Å². The first-order valence-corrected chi connectivity index (χ1v) is 6.89. The van der Waals surface area contributed by atoms with Crippen molar-refractivity contribution in [3.8, 4) is 5.75 Å². The third-order valence-electron chi connectivity index (χ3n) is 2.66. The minimum atomic E-state index is -0.972. The Balaban J connectivity index is 2.33. The van der Waals surface area contributed by atoms with E-state index in [4.69, 9.17) is 9.84 Å². The summed E-state index contributed by atoms with van der Waals surface area (Å²) >= 11 is 1.62. The molecule has 19 heavy (non-hydrogen) atoms. The molecular formula is C14H17NO3S. The summed E-state index contributed by atoms with van der Waals surface area (Å²) in [7, 11) is 0. The molecule has 0 aliphatic rings. The van der Waals surface area contributed by atoms with Gasteiger partial charge >= 0.3 is 5.97 Å². The minimum absolute atomic E-state index is 0.0130. The van der Waals surface area contributed by atoms with Crippen molar-refractivity contribution in [2.75, 3.05) is 0 Å². The number of rotatable bonds is 3. The van der Waals surface area contributed by atoms with Crippen molar-refractivity contribution >= 4 is 27.5 Å². The van der Waals surface area contributed by atoms with Crippen LogP contribution in [0.5, 0.6) is 5.75 Å². The summed E-state index contributed by atoms with van der Waals surface area (Å²) in [5.41, 5.74) is 0.934. The summed E-state index contributed by atoms with van der Waals surface area (Å²) in [5.74, 6) is -0.411. The number of hydrogen-bond donors (Lipinski definition) is 1. The van der Waals surface area contributed by atoms with E-state index < -0.39 is 12.1 Å². The summed E-state index contributed by atoms with van der Waals surface area (Å²) in [5, 5.41) is 9.89. The van der Waals surface area contributed by atoms with Gasteiger partial charge < -0.3 is 9.84 Å². The lowest BCUT2D eigenvalue weighted by Gasteiger charge is -2.13. The van der Waals surface area contributed by atoms with Crippen molar-refractivity contribution in [2.24, 2.45) is 0 Å². The number of hydrogen-bond acceptors (Lipinski definition) is 4. The SMILES string of the molecule is CC(Oc1ccc2nc(C(C)(C)C)sc2c1)C(=O)O. The Morgan fingerprint density at radius 1 is 1.42 bits per heavy atom. The summed E-state index contributed by atoms with van der Waals surface area (Å²) in [6, 6.07) is 5.47. The van der Waals surface area contributed by atoms with Crippen LogP contribution in [0.1, 0.15) is 32.7 Å². The highest BCUT2D eigenvalue weighted by Crippen LogP contribution is 2.33. The number of nitrogens with zero attached hydrogens (tertiary/aromatic N) is 1. The maximum Gasteiger partial charge on any atom is 0.344 e. The first kappa shape index (κ1) is 13.8. The average molecular weight is 279 g/mol. The van der Waals surface area contributed by atoms with Gasteiger partial charge in [-0.1, -0.05) is 20.8 Å². The van der Waals surface area contributed by atoms with Crippen LogP contribution in [0, 0.1) is 0 Å². The Labute approximate surface area is 116 Å². The quantitative estimate of drug-likeness (QED) is 0.935. The van der Waals surface area contributed by atoms with Crippen molar-refractivity contribution in [2.45, 2.75) is 39.2 Å². The van der Waals surface area contributed by atoms with Gasteiger partial charge in [-0.3, -0.25) is 0 Å². The molecule has 1 N–H and O–H groups in total. The number of carboxylic acid groups (broad SMARTS) is 1. The molecule has 0 saturated heterocycles. The molecule has 0 spiro atoms. The average Bonchev–Trinajstić information content (AvgIpc) is 2.71. The standard InChI is InChI=1S/C14H17NO3S/c1-8(12(16)17)18-9-5-6-10-11(7-9)19-13(15-10)14(2,3)4/h5-8H,1-4H3,(H,16,17). The number of carbonyl (C=O) groups is 1. The van der Waals surface area contributed by atoms with Gasteiger partial charge in [-0.25, -0.2) is 9.78 Å². The first-order chi connectivity index (χ1) is 8.77. The molecule has 0 aliphatic heterocycles. The van der Waals surface area contributed by atoms with Crippen LogP contribution < -0.4 is 4.74 Å². The molecule has 2 rings (SSSR count). The molecule has 0 radical (unpaired) electrons. The van der Waals surface area contributed by atoms with Gasteiger partial charge in [0.15, 0.2) is 6.10 Å². The number of thiazole rings is 1. The molecule has 0 amide bonds. The highest BCUT2D eigenvalue weighted by atomic mass is 32.1. The van der Waals surface area contributed by atoms with Crippen molar-refractivity contribution < 1.29 is 14.6 Å². The fraction of sp³-hybridized carbons (Fsp3) is 0.429. The molecule has 0 fully saturated rings. The van der Waals surface area contributed by atoms with Gasteiger partial charge in [0.25, 0.3) is 0 Å². The highest BCUT2D eigenvalue weighted by molar-refractivity contribution is 7.18. The maximum absolute atomic E-state index is 10.8. The van der Waals surface area contributed by atoms with Crippen molar-refractivity contribution in [3.63, 3.8) is 0 Å². The molecule has 0 aliphatic carbocycles. The molecule has 1 heterocycles. The van der Waals surface area contributed by atoms with Crippen LogP contribution in [0.3, 0.4) is 0 Å². The van der Waals surface area contributed by atoms with Crippen LogP contribution in [0.4, 0.5) is 0 Å². The largest absolute Gasteiger partial charge is 0.479 e. The van der Waals surface area contributed by atoms with E-state index >= 15 is 0 Å². The normalized spacial score (nSPS) is 13.5. The van der Waals surface area contributed by atoms with Gasteiger partial charge in [0.05, 0.1) is 15.2 Å². The van der Waals surface area contributed by atoms with Crippen molar-refractivity contribution in [1.82, 2.24) is 4.98 Å². The molecular weight excluding hydrogens is 262 g/mol. The zero-order valence-corrected chi connectivity index (χ0v) is 12.2. The van der Waals surface area contributed by atoms with Crippen LogP contribution in [0.25, 0.3) is 10.2 Å². The van der Waals surface area contributed by atoms with E-state index in [0.29, 0.717) is 5.75 Å². The van der Waals surface area contributed by atoms with E-state index in [2.05, 4.69) is 25.8 Å². The Morgan fingerprint density at radius 2 is 2.11 bits per heavy atom. The molecule has 0 bridgehead atoms. The smallest absolute Gasteiger partial charge is 0.344 e. The number of benzene rings is 1. The minimum Gasteiger partial charge on any atom is -0.479 e. The Kier molecular flexibility index (Phi) is 3.49. The van der Waals surface area contributed by atoms with Crippen LogP contribution in [0.2, 0.25) is 0 Å². The molecule has 1 aromatic heterocycles. The van der Waals surface area contributed by atoms with E-state index in [1.54, 1.807) is 17.4 Å². The van der Waals surface area contributed by atoms with Crippen LogP contribution >= 0.6 is 11.3 Å². The molecule has 1 aromatic carbocycles. The predicted octanol–water partition coefficient (Wildman–Crippen LogP) is 3.45. The van der Waals surface area contributed by atoms with Gasteiger partial charge in [-0.2, -0.15) is 0 Å². The van der Waals surface area contributed by atoms with Crippen molar-refractivity contribution in [3.05, 3.63) is 23.2 Å². The third kappa shape index (κ3) is 3.04. The molecule has 0 saturated carbocycles. The molecule has 5 heteroatoms. The summed E-state index contributed by atoms with van der Waals surface area (Å²) in [6.07, 6.45) is -0.854. The third-order valence-corrected chi connectivity index (χ3v) is 4.11. The lowest BCUT2D eigenvalue weighted by atomic mass is 9.98. The Morgan fingerprint density at radius 3 is 2.68 bits per heavy atom. The lowest BCUT2D eigenvalue weighted by Crippen LogP contribution is -2.22. The molecule has 1 atom stereocenters. The van der Waals surface area contributed by atoms with Gasteiger partial charge in [0.1, 0.15) is 5.75 Å². The number of fused-ring (bicyclic) bond motifs is 1. The molecule has 1 unspecified atom stereocenters. The summed E-state index contributed by atoms with van der Waals surface area (Å²) in [6.45, 7) is 7.87. The van der Waals surface area contributed by atoms with Gasteiger partial charge in [0.2, 0.25) is 0 Å². The maximum atomic E-state index is 10.8. The molecule has 102 valence electrons. The first-order valence-electron chi connectivity index (χ1n) is 6.08. The second kappa shape index (κ2) is 4.81. The van der Waals surface area contributed by atoms with Crippen LogP contribution in [0.15, 0.2) is 18.2 Å². The van der Waals surface area contributed by atoms with Gasteiger partial charge in [0, 0.05) is 5.41 Å². The summed E-state index contributed by atoms with van der Waals surface area (Å²) in [4.78, 5) is 15.4. The number of ether oxygens (including phenoxy) is 1. The van der Waals surface area contributed by atoms with E-state index in [-0.39, 0.29) is 5.41 Å². The second-order valence-corrected chi connectivity index (χ2v) is 6.53. The number of aromatic nitrogens is 1. The number of aliphatic carboxylic acids is 1.